The van der Waals surface area contributed by atoms with Crippen LogP contribution in [0.15, 0.2) is 11.6 Å². The molecular weight excluding hydrogens is 404 g/mol. The molecule has 4 unspecified atom stereocenters. The first kappa shape index (κ1) is 22.0. The van der Waals surface area contributed by atoms with E-state index in [2.05, 4.69) is 33.8 Å². The van der Waals surface area contributed by atoms with Gasteiger partial charge in [-0.2, -0.15) is 0 Å². The monoisotopic (exact) mass is 446 g/mol. The van der Waals surface area contributed by atoms with Crippen molar-refractivity contribution in [2.75, 3.05) is 6.61 Å². The van der Waals surface area contributed by atoms with Gasteiger partial charge in [0, 0.05) is 24.2 Å². The maximum atomic E-state index is 11.6. The molecule has 6 rings (SSSR count). The Morgan fingerprint density at radius 3 is 2.50 bits per heavy atom. The highest BCUT2D eigenvalue weighted by molar-refractivity contribution is 5.34. The van der Waals surface area contributed by atoms with Crippen LogP contribution in [0.3, 0.4) is 0 Å². The lowest BCUT2D eigenvalue weighted by atomic mass is 9.46. The molecule has 0 aromatic heterocycles. The van der Waals surface area contributed by atoms with Crippen molar-refractivity contribution in [3.05, 3.63) is 11.6 Å². The minimum atomic E-state index is -0.920. The highest BCUT2D eigenvalue weighted by Crippen LogP contribution is 2.70. The van der Waals surface area contributed by atoms with Gasteiger partial charge < -0.3 is 24.8 Å². The van der Waals surface area contributed by atoms with Crippen molar-refractivity contribution in [2.45, 2.75) is 109 Å². The minimum absolute atomic E-state index is 0.187. The third-order valence-electron chi connectivity index (χ3n) is 11.5. The van der Waals surface area contributed by atoms with Crippen LogP contribution in [0.1, 0.15) is 79.1 Å². The Morgan fingerprint density at radius 1 is 1.03 bits per heavy atom. The summed E-state index contributed by atoms with van der Waals surface area (Å²) < 4.78 is 13.2. The van der Waals surface area contributed by atoms with E-state index in [1.165, 1.54) is 12.0 Å². The van der Waals surface area contributed by atoms with Gasteiger partial charge in [-0.3, -0.25) is 0 Å². The van der Waals surface area contributed by atoms with Gasteiger partial charge in [-0.15, -0.1) is 0 Å². The largest absolute Gasteiger partial charge is 0.390 e. The molecule has 32 heavy (non-hydrogen) atoms. The van der Waals surface area contributed by atoms with Crippen LogP contribution in [-0.2, 0) is 9.47 Å². The number of aliphatic hydroxyl groups excluding tert-OH is 2. The third-order valence-corrected chi connectivity index (χ3v) is 11.5. The van der Waals surface area contributed by atoms with Crippen molar-refractivity contribution in [3.63, 3.8) is 0 Å². The van der Waals surface area contributed by atoms with E-state index in [-0.39, 0.29) is 23.7 Å². The van der Waals surface area contributed by atoms with Crippen LogP contribution in [0.5, 0.6) is 0 Å². The summed E-state index contributed by atoms with van der Waals surface area (Å²) in [4.78, 5) is 0. The van der Waals surface area contributed by atoms with Gasteiger partial charge in [0.25, 0.3) is 0 Å². The number of allylic oxidation sites excluding steroid dienone is 1. The zero-order valence-corrected chi connectivity index (χ0v) is 20.2. The molecule has 12 atom stereocenters. The average molecular weight is 447 g/mol. The van der Waals surface area contributed by atoms with Crippen LogP contribution in [0.4, 0.5) is 0 Å². The smallest absolute Gasteiger partial charge is 0.171 e. The second-order valence-corrected chi connectivity index (χ2v) is 13.0. The molecule has 2 saturated heterocycles. The van der Waals surface area contributed by atoms with Crippen LogP contribution in [0.25, 0.3) is 0 Å². The van der Waals surface area contributed by atoms with Crippen molar-refractivity contribution in [1.29, 1.82) is 0 Å². The normalized spacial score (nSPS) is 61.5. The molecule has 5 fully saturated rings. The van der Waals surface area contributed by atoms with Crippen LogP contribution in [-0.4, -0.2) is 51.6 Å². The fraction of sp³-hybridized carbons (Fsp3) is 0.926. The number of aliphatic hydroxyl groups is 3. The minimum Gasteiger partial charge on any atom is -0.390 e. The van der Waals surface area contributed by atoms with Crippen molar-refractivity contribution in [1.82, 2.24) is 0 Å². The van der Waals surface area contributed by atoms with Crippen molar-refractivity contribution in [2.24, 2.45) is 40.4 Å². The Hall–Kier alpha value is -0.460. The first-order chi connectivity index (χ1) is 15.0. The molecule has 3 saturated carbocycles. The number of ether oxygens (including phenoxy) is 2. The van der Waals surface area contributed by atoms with Gasteiger partial charge in [-0.05, 0) is 67.6 Å². The van der Waals surface area contributed by atoms with E-state index < -0.39 is 23.2 Å². The molecule has 0 aromatic rings. The zero-order valence-electron chi connectivity index (χ0n) is 20.2. The highest BCUT2D eigenvalue weighted by Gasteiger charge is 2.69. The van der Waals surface area contributed by atoms with Gasteiger partial charge in [-0.25, -0.2) is 0 Å². The number of hydrogen-bond donors (Lipinski definition) is 3. The van der Waals surface area contributed by atoms with Crippen LogP contribution in [0.2, 0.25) is 0 Å². The Labute approximate surface area is 192 Å². The predicted octanol–water partition coefficient (Wildman–Crippen LogP) is 3.80. The first-order valence-corrected chi connectivity index (χ1v) is 13.1. The summed E-state index contributed by atoms with van der Waals surface area (Å²) in [6.07, 6.45) is 7.79. The quantitative estimate of drug-likeness (QED) is 0.493. The maximum absolute atomic E-state index is 11.6. The summed E-state index contributed by atoms with van der Waals surface area (Å²) in [5.74, 6) is 2.11. The van der Waals surface area contributed by atoms with Gasteiger partial charge in [0.05, 0.1) is 30.5 Å². The molecule has 0 bridgehead atoms. The second-order valence-electron chi connectivity index (χ2n) is 13.0. The van der Waals surface area contributed by atoms with E-state index in [1.54, 1.807) is 0 Å². The summed E-state index contributed by atoms with van der Waals surface area (Å²) in [5, 5.41) is 32.4. The third kappa shape index (κ3) is 2.64. The predicted molar refractivity (Wildman–Crippen MR) is 121 cm³/mol. The van der Waals surface area contributed by atoms with E-state index in [4.69, 9.17) is 9.47 Å². The van der Waals surface area contributed by atoms with E-state index in [0.717, 1.165) is 32.3 Å². The summed E-state index contributed by atoms with van der Waals surface area (Å²) in [7, 11) is 0. The summed E-state index contributed by atoms with van der Waals surface area (Å²) in [6.45, 7) is 10.1. The molecule has 6 aliphatic rings. The molecule has 2 heterocycles. The molecule has 5 nitrogen and oxygen atoms in total. The van der Waals surface area contributed by atoms with Gasteiger partial charge in [0.1, 0.15) is 0 Å². The van der Waals surface area contributed by atoms with Crippen molar-refractivity contribution >= 4 is 0 Å². The number of fused-ring (bicyclic) bond motifs is 7. The SMILES string of the molecule is CC1CC[C@@]2(OC1)O[C@H]1C[C@H]3[C@@H]4CCC5(O)CC(O)C(O)C[C@]5(C)C4=CC[C@]3(C)[C@H]1[C@@H]2C. The van der Waals surface area contributed by atoms with Crippen molar-refractivity contribution < 1.29 is 24.8 Å². The van der Waals surface area contributed by atoms with Crippen LogP contribution >= 0.6 is 0 Å². The molecule has 4 aliphatic carbocycles. The summed E-state index contributed by atoms with van der Waals surface area (Å²) >= 11 is 0. The highest BCUT2D eigenvalue weighted by atomic mass is 16.7. The van der Waals surface area contributed by atoms with Gasteiger partial charge in [0.2, 0.25) is 0 Å². The lowest BCUT2D eigenvalue weighted by Crippen LogP contribution is -2.62. The molecule has 0 aromatic carbocycles. The average Bonchev–Trinajstić information content (AvgIpc) is 3.17. The molecule has 0 radical (unpaired) electrons. The summed E-state index contributed by atoms with van der Waals surface area (Å²) in [5.41, 5.74) is 0.164. The molecule has 180 valence electrons. The summed E-state index contributed by atoms with van der Waals surface area (Å²) in [6, 6.07) is 0. The Kier molecular flexibility index (Phi) is 4.69. The Bertz CT molecular complexity index is 817. The van der Waals surface area contributed by atoms with Crippen LogP contribution < -0.4 is 0 Å². The van der Waals surface area contributed by atoms with E-state index >= 15 is 0 Å². The van der Waals surface area contributed by atoms with E-state index in [1.807, 2.05) is 0 Å². The molecule has 2 aliphatic heterocycles. The molecular formula is C27H42O5. The standard InChI is InChI=1S/C27H42O5/c1-15-5-10-27(31-14-15)16(2)23-22(32-27)11-19-17-6-9-26(30)13-21(29)20(28)12-25(26,4)18(17)7-8-24(19,23)3/h7,15-17,19-23,28-30H,5-6,8-14H2,1-4H3/t15?,16-,17+,19-,20?,21?,22-,23-,24-,25+,26?,27+/m0/s1. The lowest BCUT2D eigenvalue weighted by molar-refractivity contribution is -0.272. The van der Waals surface area contributed by atoms with Crippen LogP contribution in [0, 0.1) is 40.4 Å². The van der Waals surface area contributed by atoms with Crippen molar-refractivity contribution in [3.8, 4) is 0 Å². The topological polar surface area (TPSA) is 79.2 Å². The number of hydrogen-bond acceptors (Lipinski definition) is 5. The van der Waals surface area contributed by atoms with Gasteiger partial charge >= 0.3 is 0 Å². The van der Waals surface area contributed by atoms with E-state index in [0.29, 0.717) is 42.4 Å². The fourth-order valence-corrected chi connectivity index (χ4v) is 9.54. The fourth-order valence-electron chi connectivity index (χ4n) is 9.54. The number of rotatable bonds is 0. The molecule has 5 heteroatoms. The van der Waals surface area contributed by atoms with E-state index in [9.17, 15) is 15.3 Å². The Balaban J connectivity index is 1.32. The molecule has 3 N–H and O–H groups in total. The van der Waals surface area contributed by atoms with Gasteiger partial charge in [0.15, 0.2) is 5.79 Å². The Morgan fingerprint density at radius 2 is 1.78 bits per heavy atom. The zero-order chi connectivity index (χ0) is 22.7. The molecule has 1 spiro atoms. The lowest BCUT2D eigenvalue weighted by Gasteiger charge is -2.61. The second kappa shape index (κ2) is 6.81. The molecule has 0 amide bonds. The first-order valence-electron chi connectivity index (χ1n) is 13.1. The maximum Gasteiger partial charge on any atom is 0.171 e. The van der Waals surface area contributed by atoms with Gasteiger partial charge in [-0.1, -0.05) is 39.3 Å².